The van der Waals surface area contributed by atoms with E-state index in [4.69, 9.17) is 0 Å². The number of aromatic nitrogens is 2. The summed E-state index contributed by atoms with van der Waals surface area (Å²) in [4.78, 5) is 44.4. The highest BCUT2D eigenvalue weighted by Gasteiger charge is 2.16. The third-order valence-corrected chi connectivity index (χ3v) is 5.31. The second kappa shape index (κ2) is 7.77. The van der Waals surface area contributed by atoms with Crippen molar-refractivity contribution in [1.29, 1.82) is 0 Å². The fourth-order valence-electron chi connectivity index (χ4n) is 3.01. The zero-order chi connectivity index (χ0) is 17.8. The van der Waals surface area contributed by atoms with Gasteiger partial charge in [0.15, 0.2) is 0 Å². The van der Waals surface area contributed by atoms with Gasteiger partial charge in [-0.1, -0.05) is 12.8 Å². The first-order valence-corrected chi connectivity index (χ1v) is 9.36. The van der Waals surface area contributed by atoms with E-state index < -0.39 is 0 Å². The van der Waals surface area contributed by atoms with E-state index in [1.807, 2.05) is 6.92 Å². The molecule has 3 rings (SSSR count). The largest absolute Gasteiger partial charge is 0.345 e. The van der Waals surface area contributed by atoms with Crippen molar-refractivity contribution in [2.45, 2.75) is 39.2 Å². The first-order chi connectivity index (χ1) is 12.0. The van der Waals surface area contributed by atoms with Crippen LogP contribution in [0.3, 0.4) is 0 Å². The van der Waals surface area contributed by atoms with Crippen LogP contribution in [0.5, 0.6) is 0 Å². The van der Waals surface area contributed by atoms with Gasteiger partial charge in [0.25, 0.3) is 5.56 Å². The van der Waals surface area contributed by atoms with Crippen LogP contribution in [-0.4, -0.2) is 45.9 Å². The lowest BCUT2D eigenvalue weighted by Crippen LogP contribution is -2.42. The van der Waals surface area contributed by atoms with Crippen LogP contribution in [0.1, 0.15) is 30.6 Å². The van der Waals surface area contributed by atoms with Gasteiger partial charge in [-0.05, 0) is 25.8 Å². The van der Waals surface area contributed by atoms with Crippen LogP contribution < -0.4 is 10.9 Å². The molecule has 0 bridgehead atoms. The lowest BCUT2D eigenvalue weighted by molar-refractivity contribution is -0.133. The van der Waals surface area contributed by atoms with Crippen molar-refractivity contribution in [3.63, 3.8) is 0 Å². The summed E-state index contributed by atoms with van der Waals surface area (Å²) >= 11 is 1.45. The van der Waals surface area contributed by atoms with Crippen molar-refractivity contribution < 1.29 is 9.59 Å². The van der Waals surface area contributed by atoms with Gasteiger partial charge in [0.2, 0.25) is 11.8 Å². The van der Waals surface area contributed by atoms with Crippen LogP contribution in [0.15, 0.2) is 17.2 Å². The first kappa shape index (κ1) is 17.6. The summed E-state index contributed by atoms with van der Waals surface area (Å²) in [6, 6.07) is 1.78. The van der Waals surface area contributed by atoms with E-state index in [2.05, 4.69) is 10.3 Å². The minimum absolute atomic E-state index is 0.0270. The van der Waals surface area contributed by atoms with Crippen molar-refractivity contribution in [2.75, 3.05) is 19.6 Å². The minimum Gasteiger partial charge on any atom is -0.345 e. The van der Waals surface area contributed by atoms with Crippen molar-refractivity contribution >= 4 is 33.4 Å². The Morgan fingerprint density at radius 3 is 2.68 bits per heavy atom. The van der Waals surface area contributed by atoms with Crippen LogP contribution in [0.25, 0.3) is 10.2 Å². The van der Waals surface area contributed by atoms with Gasteiger partial charge < -0.3 is 10.2 Å². The minimum atomic E-state index is -0.363. The van der Waals surface area contributed by atoms with Gasteiger partial charge in [-0.25, -0.2) is 4.98 Å². The number of nitrogens with one attached hydrogen (secondary N) is 1. The molecule has 7 nitrogen and oxygen atoms in total. The van der Waals surface area contributed by atoms with Crippen LogP contribution in [0.4, 0.5) is 0 Å². The Labute approximate surface area is 149 Å². The fourth-order valence-corrected chi connectivity index (χ4v) is 3.85. The zero-order valence-corrected chi connectivity index (χ0v) is 15.1. The summed E-state index contributed by atoms with van der Waals surface area (Å²) in [6.45, 7) is 3.26. The molecule has 0 saturated carbocycles. The molecule has 2 aromatic heterocycles. The fraction of sp³-hybridized carbons (Fsp3) is 0.529. The third kappa shape index (κ3) is 4.25. The number of hydrogen-bond donors (Lipinski definition) is 1. The Kier molecular flexibility index (Phi) is 5.47. The molecule has 0 radical (unpaired) electrons. The second-order valence-corrected chi connectivity index (χ2v) is 7.56. The smallest absolute Gasteiger partial charge is 0.262 e. The highest BCUT2D eigenvalue weighted by molar-refractivity contribution is 7.18. The standard InChI is InChI=1S/C17H22N4O3S/c1-12-8-13-16(25-12)19-11-21(17(13)24)10-14(22)18-9-15(23)20-6-4-2-3-5-7-20/h8,11H,2-7,9-10H2,1H3,(H,18,22). The van der Waals surface area contributed by atoms with Gasteiger partial charge >= 0.3 is 0 Å². The lowest BCUT2D eigenvalue weighted by Gasteiger charge is -2.20. The van der Waals surface area contributed by atoms with E-state index in [1.54, 1.807) is 11.0 Å². The molecule has 1 fully saturated rings. The lowest BCUT2D eigenvalue weighted by atomic mass is 10.2. The van der Waals surface area contributed by atoms with Gasteiger partial charge in [-0.2, -0.15) is 0 Å². The predicted octanol–water partition coefficient (Wildman–Crippen LogP) is 1.29. The quantitative estimate of drug-likeness (QED) is 0.888. The van der Waals surface area contributed by atoms with Crippen LogP contribution in [0, 0.1) is 6.92 Å². The van der Waals surface area contributed by atoms with Crippen LogP contribution >= 0.6 is 11.3 Å². The van der Waals surface area contributed by atoms with Crippen LogP contribution in [-0.2, 0) is 16.1 Å². The van der Waals surface area contributed by atoms with Gasteiger partial charge in [-0.15, -0.1) is 11.3 Å². The molecule has 0 aromatic carbocycles. The molecule has 1 aliphatic rings. The first-order valence-electron chi connectivity index (χ1n) is 8.54. The number of thiophene rings is 1. The Bertz CT molecular complexity index is 834. The van der Waals surface area contributed by atoms with E-state index in [1.165, 1.54) is 22.2 Å². The number of likely N-dealkylation sites (tertiary alicyclic amines) is 1. The number of nitrogens with zero attached hydrogens (tertiary/aromatic N) is 3. The zero-order valence-electron chi connectivity index (χ0n) is 14.3. The maximum atomic E-state index is 12.4. The molecule has 3 heterocycles. The highest BCUT2D eigenvalue weighted by atomic mass is 32.1. The molecule has 1 saturated heterocycles. The summed E-state index contributed by atoms with van der Waals surface area (Å²) in [7, 11) is 0. The Balaban J connectivity index is 1.58. The van der Waals surface area contributed by atoms with E-state index in [0.29, 0.717) is 10.2 Å². The molecule has 0 unspecified atom stereocenters. The van der Waals surface area contributed by atoms with Gasteiger partial charge in [0.1, 0.15) is 11.4 Å². The van der Waals surface area contributed by atoms with Crippen molar-refractivity contribution in [1.82, 2.24) is 19.8 Å². The predicted molar refractivity (Wildman–Crippen MR) is 96.7 cm³/mol. The summed E-state index contributed by atoms with van der Waals surface area (Å²) in [5.41, 5.74) is -0.233. The number of amides is 2. The third-order valence-electron chi connectivity index (χ3n) is 4.35. The average molecular weight is 362 g/mol. The number of fused-ring (bicyclic) bond motifs is 1. The number of aryl methyl sites for hydroxylation is 1. The maximum absolute atomic E-state index is 12.4. The summed E-state index contributed by atoms with van der Waals surface area (Å²) in [5, 5.41) is 3.14. The van der Waals surface area contributed by atoms with Crippen molar-refractivity contribution in [2.24, 2.45) is 0 Å². The molecular formula is C17H22N4O3S. The SMILES string of the molecule is Cc1cc2c(=O)n(CC(=O)NCC(=O)N3CCCCCC3)cnc2s1. The highest BCUT2D eigenvalue weighted by Crippen LogP contribution is 2.19. The molecule has 1 N–H and O–H groups in total. The Morgan fingerprint density at radius 1 is 1.24 bits per heavy atom. The summed E-state index contributed by atoms with van der Waals surface area (Å²) in [5.74, 6) is -0.428. The van der Waals surface area contributed by atoms with Crippen molar-refractivity contribution in [3.05, 3.63) is 27.6 Å². The molecule has 1 aliphatic heterocycles. The molecule has 2 aromatic rings. The molecule has 2 amide bonds. The molecule has 134 valence electrons. The maximum Gasteiger partial charge on any atom is 0.262 e. The van der Waals surface area contributed by atoms with Gasteiger partial charge in [-0.3, -0.25) is 19.0 Å². The number of carbonyl (C=O) groups excluding carboxylic acids is 2. The number of carbonyl (C=O) groups is 2. The molecule has 25 heavy (non-hydrogen) atoms. The Hall–Kier alpha value is -2.22. The van der Waals surface area contributed by atoms with Gasteiger partial charge in [0.05, 0.1) is 18.3 Å². The topological polar surface area (TPSA) is 84.3 Å². The molecule has 8 heteroatoms. The molecule has 0 atom stereocenters. The summed E-state index contributed by atoms with van der Waals surface area (Å²) in [6.07, 6.45) is 5.71. The second-order valence-electron chi connectivity index (χ2n) is 6.33. The molecule has 0 spiro atoms. The summed E-state index contributed by atoms with van der Waals surface area (Å²) < 4.78 is 1.28. The van der Waals surface area contributed by atoms with E-state index in [9.17, 15) is 14.4 Å². The van der Waals surface area contributed by atoms with Crippen molar-refractivity contribution in [3.8, 4) is 0 Å². The average Bonchev–Trinajstić information content (AvgIpc) is 2.80. The molecular weight excluding hydrogens is 340 g/mol. The molecule has 0 aliphatic carbocycles. The van der Waals surface area contributed by atoms with E-state index >= 15 is 0 Å². The Morgan fingerprint density at radius 2 is 1.96 bits per heavy atom. The van der Waals surface area contributed by atoms with Crippen LogP contribution in [0.2, 0.25) is 0 Å². The monoisotopic (exact) mass is 362 g/mol. The number of rotatable bonds is 4. The van der Waals surface area contributed by atoms with Gasteiger partial charge in [0, 0.05) is 18.0 Å². The van der Waals surface area contributed by atoms with E-state index in [-0.39, 0.29) is 30.5 Å². The normalized spacial score (nSPS) is 15.2. The van der Waals surface area contributed by atoms with E-state index in [0.717, 1.165) is 43.6 Å². The number of hydrogen-bond acceptors (Lipinski definition) is 5.